The van der Waals surface area contributed by atoms with Gasteiger partial charge >= 0.3 is 0 Å². The van der Waals surface area contributed by atoms with Gasteiger partial charge in [0.25, 0.3) is 0 Å². The molecule has 2 aliphatic carbocycles. The molecule has 0 amide bonds. The highest BCUT2D eigenvalue weighted by Gasteiger charge is 2.43. The number of hydrogen-bond acceptors (Lipinski definition) is 10. The third-order valence-electron chi connectivity index (χ3n) is 18.3. The predicted octanol–water partition coefficient (Wildman–Crippen LogP) is 11.4. The standard InChI is InChI=1S/C71H84N4O7/c1-4-12-62-55-34-54(33-50-23-27-63(49-15-9-6-10-16-49)70-52(22-25-59(77)41-67(80)65(50)37-55)38-68(82-3)71(81)64(70)26-19-46-13-7-5-8-14-46)61(17-11-30-76)51-28-29-73-69(39-51)75-57-24-21-48-20-18-47(31-53(48)35-57)32-60(78)44-72-42-45(2)56-36-58(74-43-56)40-66(62)79/h5-10,13-16,18,20-21,24,28,31,35-36,38-39,43,45,50,54-55,60-63,65-66,72-76,78-79,81H,4,11-12,17,19,22,25-26,29-30,32-34,37,40-42,44H2,1-3H3. The van der Waals surface area contributed by atoms with E-state index >= 15 is 4.79 Å². The van der Waals surface area contributed by atoms with E-state index in [0.29, 0.717) is 83.2 Å². The van der Waals surface area contributed by atoms with Crippen LogP contribution < -0.4 is 20.7 Å². The summed E-state index contributed by atoms with van der Waals surface area (Å²) in [5.74, 6) is 7.11. The molecular formula is C71H84N4O7. The van der Waals surface area contributed by atoms with Crippen LogP contribution in [0.25, 0.3) is 10.8 Å². The number of ether oxygens (including phenoxy) is 1. The molecule has 1 fully saturated rings. The van der Waals surface area contributed by atoms with Crippen molar-refractivity contribution in [2.24, 2.45) is 35.5 Å². The highest BCUT2D eigenvalue weighted by atomic mass is 16.5. The zero-order valence-electron chi connectivity index (χ0n) is 48.1. The first-order valence-corrected chi connectivity index (χ1v) is 30.3. The number of aromatic hydroxyl groups is 1. The number of ketones is 2. The number of nitrogens with one attached hydrogen (secondary N) is 4. The number of allylic oxidation sites excluding steroid dienone is 2. The van der Waals surface area contributed by atoms with E-state index < -0.39 is 30.0 Å². The van der Waals surface area contributed by atoms with E-state index in [1.54, 1.807) is 7.11 Å². The Morgan fingerprint density at radius 1 is 0.793 bits per heavy atom. The van der Waals surface area contributed by atoms with Gasteiger partial charge < -0.3 is 46.1 Å². The summed E-state index contributed by atoms with van der Waals surface area (Å²) >= 11 is 0. The molecule has 82 heavy (non-hydrogen) atoms. The largest absolute Gasteiger partial charge is 0.504 e. The minimum atomic E-state index is -0.724. The van der Waals surface area contributed by atoms with Gasteiger partial charge in [-0.2, -0.15) is 0 Å². The number of Topliss-reactive ketones (excluding diaryl/α,β-unsaturated/α-hetero) is 2. The van der Waals surface area contributed by atoms with E-state index in [1.165, 1.54) is 0 Å². The van der Waals surface area contributed by atoms with Gasteiger partial charge in [0.15, 0.2) is 11.5 Å². The number of carbonyl (C=O) groups excluding carboxylic acids is 2. The Balaban J connectivity index is 1.11. The summed E-state index contributed by atoms with van der Waals surface area (Å²) in [4.78, 5) is 33.4. The van der Waals surface area contributed by atoms with Crippen LogP contribution in [0.1, 0.15) is 128 Å². The van der Waals surface area contributed by atoms with Crippen LogP contribution in [0.15, 0.2) is 139 Å². The molecule has 11 heteroatoms. The average molecular weight is 1110 g/mol. The summed E-state index contributed by atoms with van der Waals surface area (Å²) in [6, 6.07) is 37.3. The van der Waals surface area contributed by atoms with Crippen molar-refractivity contribution in [3.05, 3.63) is 184 Å². The van der Waals surface area contributed by atoms with Crippen LogP contribution in [-0.4, -0.2) is 82.5 Å². The smallest absolute Gasteiger partial charge is 0.161 e. The summed E-state index contributed by atoms with van der Waals surface area (Å²) < 4.78 is 5.85. The Morgan fingerprint density at radius 2 is 1.60 bits per heavy atom. The summed E-state index contributed by atoms with van der Waals surface area (Å²) in [6.45, 7) is 6.10. The number of H-pyrrole nitrogens is 1. The molecule has 10 unspecified atom stereocenters. The quantitative estimate of drug-likeness (QED) is 0.0487. The molecule has 430 valence electrons. The fourth-order valence-electron chi connectivity index (χ4n) is 14.0. The second kappa shape index (κ2) is 27.4. The molecule has 3 heterocycles. The van der Waals surface area contributed by atoms with E-state index in [4.69, 9.17) is 4.74 Å². The zero-order valence-corrected chi connectivity index (χ0v) is 48.1. The lowest BCUT2D eigenvalue weighted by atomic mass is 9.71. The van der Waals surface area contributed by atoms with Crippen molar-refractivity contribution in [3.8, 4) is 23.3 Å². The van der Waals surface area contributed by atoms with Crippen molar-refractivity contribution in [2.45, 2.75) is 128 Å². The molecule has 8 N–H and O–H groups in total. The second-order valence-electron chi connectivity index (χ2n) is 24.0. The number of phenolic OH excluding ortho intramolecular Hbond substituents is 1. The molecule has 5 aromatic carbocycles. The van der Waals surface area contributed by atoms with Crippen molar-refractivity contribution >= 4 is 28.0 Å². The van der Waals surface area contributed by atoms with Crippen LogP contribution in [0, 0.1) is 47.3 Å². The van der Waals surface area contributed by atoms with Crippen molar-refractivity contribution in [2.75, 3.05) is 38.7 Å². The van der Waals surface area contributed by atoms with E-state index in [1.807, 2.05) is 48.7 Å². The number of phenols is 1. The Hall–Kier alpha value is -6.94. The lowest BCUT2D eigenvalue weighted by Gasteiger charge is -2.36. The number of aliphatic hydroxyl groups is 3. The van der Waals surface area contributed by atoms with Crippen LogP contribution in [0.2, 0.25) is 0 Å². The summed E-state index contributed by atoms with van der Waals surface area (Å²) in [5, 5.41) is 59.8. The van der Waals surface area contributed by atoms with E-state index in [9.17, 15) is 25.2 Å². The molecule has 1 aromatic heterocycles. The molecule has 2 aliphatic heterocycles. The van der Waals surface area contributed by atoms with Gasteiger partial charge in [0.1, 0.15) is 17.4 Å². The second-order valence-corrected chi connectivity index (χ2v) is 24.0. The van der Waals surface area contributed by atoms with Crippen LogP contribution in [0.5, 0.6) is 11.5 Å². The third kappa shape index (κ3) is 14.1. The first kappa shape index (κ1) is 58.3. The monoisotopic (exact) mass is 1100 g/mol. The molecule has 6 aromatic rings. The van der Waals surface area contributed by atoms with Crippen molar-refractivity contribution in [3.63, 3.8) is 0 Å². The number of fused-ring (bicyclic) bond motifs is 9. The van der Waals surface area contributed by atoms with Gasteiger partial charge in [0.05, 0.1) is 31.7 Å². The van der Waals surface area contributed by atoms with Gasteiger partial charge in [0.2, 0.25) is 0 Å². The molecule has 4 aliphatic rings. The molecule has 1 saturated carbocycles. The fourth-order valence-corrected chi connectivity index (χ4v) is 14.0. The lowest BCUT2D eigenvalue weighted by Crippen LogP contribution is -2.34. The van der Waals surface area contributed by atoms with Gasteiger partial charge in [0, 0.05) is 74.1 Å². The fraction of sp³-hybridized carbons (Fsp3) is 0.437. The number of aliphatic hydroxyl groups excluding tert-OH is 3. The van der Waals surface area contributed by atoms with Gasteiger partial charge in [-0.15, -0.1) is 0 Å². The Morgan fingerprint density at radius 3 is 2.39 bits per heavy atom. The Kier molecular flexibility index (Phi) is 19.5. The highest BCUT2D eigenvalue weighted by molar-refractivity contribution is 6.00. The Labute approximate surface area is 485 Å². The van der Waals surface area contributed by atoms with E-state index in [2.05, 4.69) is 126 Å². The minimum absolute atomic E-state index is 0.0165. The molecule has 10 atom stereocenters. The van der Waals surface area contributed by atoms with Gasteiger partial charge in [-0.3, -0.25) is 9.59 Å². The maximum atomic E-state index is 15.4. The third-order valence-corrected chi connectivity index (χ3v) is 18.3. The number of aromatic amines is 1. The zero-order chi connectivity index (χ0) is 57.1. The number of benzene rings is 5. The van der Waals surface area contributed by atoms with Crippen LogP contribution >= 0.6 is 0 Å². The molecule has 0 spiro atoms. The van der Waals surface area contributed by atoms with Gasteiger partial charge in [-0.25, -0.2) is 0 Å². The van der Waals surface area contributed by atoms with Crippen LogP contribution in [0.3, 0.4) is 0 Å². The number of rotatable bonds is 10. The maximum absolute atomic E-state index is 15.4. The normalized spacial score (nSPS) is 25.6. The summed E-state index contributed by atoms with van der Waals surface area (Å²) in [7, 11) is 1.56. The van der Waals surface area contributed by atoms with Crippen molar-refractivity contribution in [1.82, 2.24) is 15.6 Å². The molecule has 9 bridgehead atoms. The van der Waals surface area contributed by atoms with Crippen LogP contribution in [-0.2, 0) is 41.7 Å². The molecule has 0 radical (unpaired) electrons. The molecule has 0 saturated heterocycles. The number of anilines is 1. The number of dihydropyridines is 1. The van der Waals surface area contributed by atoms with E-state index in [-0.39, 0.29) is 66.4 Å². The maximum Gasteiger partial charge on any atom is 0.161 e. The van der Waals surface area contributed by atoms with Gasteiger partial charge in [-0.05, 0) is 174 Å². The van der Waals surface area contributed by atoms with Gasteiger partial charge in [-0.1, -0.05) is 123 Å². The first-order valence-electron chi connectivity index (χ1n) is 30.3. The first-order chi connectivity index (χ1) is 39.9. The topological polar surface area (TPSA) is 176 Å². The minimum Gasteiger partial charge on any atom is -0.504 e. The predicted molar refractivity (Wildman–Crippen MR) is 327 cm³/mol. The summed E-state index contributed by atoms with van der Waals surface area (Å²) in [5.41, 5.74) is 9.82. The lowest BCUT2D eigenvalue weighted by molar-refractivity contribution is -0.130. The summed E-state index contributed by atoms with van der Waals surface area (Å²) in [6.07, 6.45) is 12.3. The Bertz CT molecular complexity index is 3280. The average Bonchev–Trinajstić information content (AvgIpc) is 3.91. The number of methoxy groups -OCH3 is 1. The number of hydrogen-bond donors (Lipinski definition) is 8. The number of carbonyl (C=O) groups is 2. The number of β-amino-alcohol motifs (C(OH)–C–C–N with tert-alkyl or cyclic N) is 1. The molecular weight excluding hydrogens is 1020 g/mol. The SMILES string of the molecule is CCCC1C(O)Cc2cc(c[nH]2)C(C)CNCC(O)Cc2ccc3ccc(cc3c2)NC2=CC(=CCN2)C(CCCO)C2CC3C#CC(c4ccccc4)c4c(cc(OC)c(O)c4CCc4ccccc4)CCC(=O)CC(=O)C3CC1C2. The van der Waals surface area contributed by atoms with Crippen molar-refractivity contribution in [1.29, 1.82) is 0 Å². The van der Waals surface area contributed by atoms with E-state index in [0.717, 1.165) is 91.8 Å². The number of aryl methyl sites for hydroxylation is 2. The molecule has 10 rings (SSSR count). The number of aromatic nitrogens is 1. The van der Waals surface area contributed by atoms with Crippen molar-refractivity contribution < 1.29 is 34.8 Å². The van der Waals surface area contributed by atoms with Crippen LogP contribution in [0.4, 0.5) is 5.69 Å². The molecule has 11 nitrogen and oxygen atoms in total. The highest BCUT2D eigenvalue weighted by Crippen LogP contribution is 2.48.